The second-order valence-electron chi connectivity index (χ2n) is 19.5. The predicted molar refractivity (Wildman–Crippen MR) is 316 cm³/mol. The molecular weight excluding hydrogens is 901 g/mol. The quantitative estimate of drug-likeness (QED) is 0.0261. The van der Waals surface area contributed by atoms with E-state index in [1.807, 2.05) is 0 Å². The maximum absolute atomic E-state index is 12.8. The molecule has 0 radical (unpaired) electrons. The normalized spacial score (nSPS) is 13.0. The Morgan fingerprint density at radius 2 is 0.548 bits per heavy atom. The lowest BCUT2D eigenvalue weighted by Crippen LogP contribution is -2.30. The van der Waals surface area contributed by atoms with Gasteiger partial charge in [-0.25, -0.2) is 0 Å². The molecular formula is C67H110O6. The lowest BCUT2D eigenvalue weighted by Gasteiger charge is -2.18. The third-order valence-corrected chi connectivity index (χ3v) is 12.5. The van der Waals surface area contributed by atoms with E-state index in [2.05, 4.69) is 142 Å². The maximum Gasteiger partial charge on any atom is 0.306 e. The van der Waals surface area contributed by atoms with E-state index in [1.165, 1.54) is 103 Å². The van der Waals surface area contributed by atoms with Gasteiger partial charge in [-0.2, -0.15) is 0 Å². The predicted octanol–water partition coefficient (Wildman–Crippen LogP) is 20.4. The van der Waals surface area contributed by atoms with Gasteiger partial charge in [0.05, 0.1) is 0 Å². The van der Waals surface area contributed by atoms with Crippen LogP contribution in [0.1, 0.15) is 265 Å². The highest BCUT2D eigenvalue weighted by molar-refractivity contribution is 5.71. The number of unbranched alkanes of at least 4 members (excludes halogenated alkanes) is 22. The minimum Gasteiger partial charge on any atom is -0.462 e. The Balaban J connectivity index is 4.22. The summed E-state index contributed by atoms with van der Waals surface area (Å²) in [7, 11) is 0. The van der Waals surface area contributed by atoms with Crippen molar-refractivity contribution in [1.82, 2.24) is 0 Å². The summed E-state index contributed by atoms with van der Waals surface area (Å²) < 4.78 is 16.7. The molecule has 0 saturated heterocycles. The topological polar surface area (TPSA) is 78.9 Å². The molecule has 6 nitrogen and oxygen atoms in total. The van der Waals surface area contributed by atoms with Gasteiger partial charge >= 0.3 is 17.9 Å². The van der Waals surface area contributed by atoms with Crippen LogP contribution in [0.15, 0.2) is 122 Å². The molecule has 1 atom stereocenters. The molecule has 0 N–H and O–H groups in total. The van der Waals surface area contributed by atoms with Crippen molar-refractivity contribution in [1.29, 1.82) is 0 Å². The van der Waals surface area contributed by atoms with E-state index < -0.39 is 6.10 Å². The Kier molecular flexibility index (Phi) is 56.9. The van der Waals surface area contributed by atoms with E-state index in [4.69, 9.17) is 14.2 Å². The third-order valence-electron chi connectivity index (χ3n) is 12.5. The van der Waals surface area contributed by atoms with Crippen molar-refractivity contribution in [3.05, 3.63) is 122 Å². The molecule has 0 rings (SSSR count). The van der Waals surface area contributed by atoms with Crippen LogP contribution in [0.4, 0.5) is 0 Å². The van der Waals surface area contributed by atoms with Gasteiger partial charge in [0.1, 0.15) is 13.2 Å². The molecule has 0 aliphatic carbocycles. The Labute approximate surface area is 450 Å². The molecule has 0 fully saturated rings. The monoisotopic (exact) mass is 1010 g/mol. The van der Waals surface area contributed by atoms with Crippen LogP contribution < -0.4 is 0 Å². The zero-order valence-corrected chi connectivity index (χ0v) is 47.4. The SMILES string of the molecule is CC/C=C\C/C=C\C/C=C\C/C=C\C/C=C\C/C=C\C/C=C\C/C=C\C/C=C\CCCC(=O)OCC(COC(=O)CCCCCCC)OC(=O)CCCCCCCCCCC/C=C\CCCCCCCCCC. The van der Waals surface area contributed by atoms with Gasteiger partial charge in [0, 0.05) is 19.3 Å². The Morgan fingerprint density at radius 3 is 0.904 bits per heavy atom. The van der Waals surface area contributed by atoms with Crippen LogP contribution in [0.25, 0.3) is 0 Å². The van der Waals surface area contributed by atoms with E-state index in [0.717, 1.165) is 116 Å². The van der Waals surface area contributed by atoms with Gasteiger partial charge in [0.2, 0.25) is 0 Å². The van der Waals surface area contributed by atoms with Crippen LogP contribution >= 0.6 is 0 Å². The second kappa shape index (κ2) is 60.4. The fraction of sp³-hybridized carbons (Fsp3) is 0.657. The fourth-order valence-corrected chi connectivity index (χ4v) is 7.97. The summed E-state index contributed by atoms with van der Waals surface area (Å²) >= 11 is 0. The second-order valence-corrected chi connectivity index (χ2v) is 19.5. The first-order valence-corrected chi connectivity index (χ1v) is 30.0. The molecule has 0 aromatic rings. The van der Waals surface area contributed by atoms with Gasteiger partial charge in [0.25, 0.3) is 0 Å². The molecule has 0 aliphatic heterocycles. The lowest BCUT2D eigenvalue weighted by molar-refractivity contribution is -0.167. The Morgan fingerprint density at radius 1 is 0.288 bits per heavy atom. The molecule has 0 heterocycles. The van der Waals surface area contributed by atoms with E-state index in [9.17, 15) is 14.4 Å². The third kappa shape index (κ3) is 58.6. The van der Waals surface area contributed by atoms with Crippen LogP contribution in [0.2, 0.25) is 0 Å². The lowest BCUT2D eigenvalue weighted by atomic mass is 10.1. The molecule has 0 aromatic heterocycles. The highest BCUT2D eigenvalue weighted by atomic mass is 16.6. The first-order valence-electron chi connectivity index (χ1n) is 30.0. The number of rotatable bonds is 53. The van der Waals surface area contributed by atoms with Crippen molar-refractivity contribution in [2.24, 2.45) is 0 Å². The molecule has 6 heteroatoms. The molecule has 0 aliphatic rings. The standard InChI is InChI=1S/C67H110O6/c1-4-7-10-13-15-17-19-21-23-25-27-29-30-31-32-33-34-35-36-38-39-41-43-45-47-49-51-54-57-60-66(69)72-63-64(62-71-65(68)59-56-53-12-9-6-3)73-67(70)61-58-55-52-50-48-46-44-42-40-37-28-26-24-22-20-18-16-14-11-8-5-2/h7,10,15,17,21,23,26-29,31-32,34-35,38-39,43,45,49,51,64H,4-6,8-9,11-14,16,18-20,22,24-25,30,33,36-37,40-42,44,46-48,50,52-63H2,1-3H3/b10-7-,17-15-,23-21-,28-26-,29-27-,32-31-,35-34-,39-38-,45-43-,51-49-. The minimum absolute atomic E-state index is 0.0993. The van der Waals surface area contributed by atoms with Crippen molar-refractivity contribution in [3.63, 3.8) is 0 Å². The number of allylic oxidation sites excluding steroid dienone is 20. The Bertz CT molecular complexity index is 1540. The summed E-state index contributed by atoms with van der Waals surface area (Å²) in [5, 5.41) is 0. The zero-order valence-electron chi connectivity index (χ0n) is 47.4. The first kappa shape index (κ1) is 68.8. The molecule has 73 heavy (non-hydrogen) atoms. The van der Waals surface area contributed by atoms with Gasteiger partial charge < -0.3 is 14.2 Å². The molecule has 0 spiro atoms. The zero-order chi connectivity index (χ0) is 52.9. The van der Waals surface area contributed by atoms with Gasteiger partial charge in [-0.3, -0.25) is 14.4 Å². The smallest absolute Gasteiger partial charge is 0.306 e. The number of ether oxygens (including phenoxy) is 3. The summed E-state index contributed by atoms with van der Waals surface area (Å²) in [6.45, 7) is 6.39. The van der Waals surface area contributed by atoms with Crippen molar-refractivity contribution in [2.45, 2.75) is 271 Å². The summed E-state index contributed by atoms with van der Waals surface area (Å²) in [4.78, 5) is 37.8. The minimum atomic E-state index is -0.802. The van der Waals surface area contributed by atoms with Gasteiger partial charge in [-0.15, -0.1) is 0 Å². The van der Waals surface area contributed by atoms with Crippen LogP contribution in [0, 0.1) is 0 Å². The Hall–Kier alpha value is -4.19. The molecule has 414 valence electrons. The van der Waals surface area contributed by atoms with Crippen molar-refractivity contribution < 1.29 is 28.6 Å². The highest BCUT2D eigenvalue weighted by Crippen LogP contribution is 2.15. The van der Waals surface area contributed by atoms with Gasteiger partial charge in [-0.1, -0.05) is 258 Å². The summed E-state index contributed by atoms with van der Waals surface area (Å²) in [5.74, 6) is -0.978. The molecule has 1 unspecified atom stereocenters. The van der Waals surface area contributed by atoms with Crippen LogP contribution in [0.3, 0.4) is 0 Å². The summed E-state index contributed by atoms with van der Waals surface area (Å²) in [5.41, 5.74) is 0. The highest BCUT2D eigenvalue weighted by Gasteiger charge is 2.19. The van der Waals surface area contributed by atoms with Crippen molar-refractivity contribution in [3.8, 4) is 0 Å². The number of hydrogen-bond acceptors (Lipinski definition) is 6. The van der Waals surface area contributed by atoms with Gasteiger partial charge in [0.15, 0.2) is 6.10 Å². The van der Waals surface area contributed by atoms with Crippen LogP contribution in [-0.2, 0) is 28.6 Å². The summed E-state index contributed by atoms with van der Waals surface area (Å²) in [6, 6.07) is 0. The largest absolute Gasteiger partial charge is 0.462 e. The molecule has 0 saturated carbocycles. The van der Waals surface area contributed by atoms with Crippen LogP contribution in [-0.4, -0.2) is 37.2 Å². The van der Waals surface area contributed by atoms with E-state index in [1.54, 1.807) is 0 Å². The van der Waals surface area contributed by atoms with Crippen LogP contribution in [0.5, 0.6) is 0 Å². The summed E-state index contributed by atoms with van der Waals surface area (Å²) in [6.07, 6.45) is 83.9. The van der Waals surface area contributed by atoms with E-state index >= 15 is 0 Å². The number of hydrogen-bond donors (Lipinski definition) is 0. The molecule has 0 bridgehead atoms. The first-order chi connectivity index (χ1) is 36.0. The van der Waals surface area contributed by atoms with E-state index in [-0.39, 0.29) is 37.5 Å². The maximum atomic E-state index is 12.8. The van der Waals surface area contributed by atoms with E-state index in [0.29, 0.717) is 19.3 Å². The number of esters is 3. The van der Waals surface area contributed by atoms with Crippen molar-refractivity contribution >= 4 is 17.9 Å². The number of carbonyl (C=O) groups excluding carboxylic acids is 3. The van der Waals surface area contributed by atoms with Crippen molar-refractivity contribution in [2.75, 3.05) is 13.2 Å². The fourth-order valence-electron chi connectivity index (χ4n) is 7.97. The molecule has 0 amide bonds. The number of carbonyl (C=O) groups is 3. The van der Waals surface area contributed by atoms with Gasteiger partial charge in [-0.05, 0) is 109 Å². The average molecular weight is 1010 g/mol. The molecule has 0 aromatic carbocycles. The average Bonchev–Trinajstić information content (AvgIpc) is 3.39.